The Bertz CT molecular complexity index is 830. The van der Waals surface area contributed by atoms with Gasteiger partial charge in [0.15, 0.2) is 6.23 Å². The van der Waals surface area contributed by atoms with Crippen molar-refractivity contribution < 1.29 is 4.74 Å². The predicted octanol–water partition coefficient (Wildman–Crippen LogP) is 3.17. The van der Waals surface area contributed by atoms with Crippen LogP contribution in [0.25, 0.3) is 0 Å². The summed E-state index contributed by atoms with van der Waals surface area (Å²) in [4.78, 5) is 2.31. The van der Waals surface area contributed by atoms with Crippen molar-refractivity contribution in [1.82, 2.24) is 19.9 Å². The molecule has 1 saturated heterocycles. The minimum atomic E-state index is -0.120. The first-order valence-electron chi connectivity index (χ1n) is 8.63. The first-order valence-corrected chi connectivity index (χ1v) is 8.63. The predicted molar refractivity (Wildman–Crippen MR) is 95.8 cm³/mol. The first kappa shape index (κ1) is 16.0. The maximum absolute atomic E-state index is 5.93. The minimum Gasteiger partial charge on any atom is -0.356 e. The van der Waals surface area contributed by atoms with Gasteiger partial charge >= 0.3 is 0 Å². The number of benzene rings is 2. The van der Waals surface area contributed by atoms with Crippen LogP contribution in [-0.4, -0.2) is 33.0 Å². The van der Waals surface area contributed by atoms with Crippen LogP contribution in [0.3, 0.4) is 0 Å². The summed E-state index contributed by atoms with van der Waals surface area (Å²) in [7, 11) is 0. The summed E-state index contributed by atoms with van der Waals surface area (Å²) in [6, 6.07) is 18.9. The van der Waals surface area contributed by atoms with E-state index in [0.717, 1.165) is 31.9 Å². The SMILES string of the molecule is Cc1cccc(CN2CCO[C@H]2c2cn(Cc3ccccc3)nn2)c1. The molecule has 0 radical (unpaired) electrons. The molecule has 1 fully saturated rings. The van der Waals surface area contributed by atoms with Gasteiger partial charge in [0.2, 0.25) is 0 Å². The van der Waals surface area contributed by atoms with Crippen LogP contribution in [0.2, 0.25) is 0 Å². The molecule has 128 valence electrons. The molecule has 5 heteroatoms. The van der Waals surface area contributed by atoms with Crippen LogP contribution in [-0.2, 0) is 17.8 Å². The number of aryl methyl sites for hydroxylation is 1. The third-order valence-corrected chi connectivity index (χ3v) is 4.45. The van der Waals surface area contributed by atoms with Gasteiger partial charge in [-0.1, -0.05) is 65.4 Å². The first-order chi connectivity index (χ1) is 12.3. The van der Waals surface area contributed by atoms with E-state index in [4.69, 9.17) is 4.74 Å². The molecule has 25 heavy (non-hydrogen) atoms. The van der Waals surface area contributed by atoms with Gasteiger partial charge in [0.1, 0.15) is 5.69 Å². The second-order valence-electron chi connectivity index (χ2n) is 6.51. The average Bonchev–Trinajstić information content (AvgIpc) is 3.25. The van der Waals surface area contributed by atoms with Gasteiger partial charge in [0.25, 0.3) is 0 Å². The van der Waals surface area contributed by atoms with Gasteiger partial charge in [0.05, 0.1) is 19.3 Å². The molecule has 1 aromatic heterocycles. The zero-order valence-electron chi connectivity index (χ0n) is 14.4. The third-order valence-electron chi connectivity index (χ3n) is 4.45. The zero-order chi connectivity index (χ0) is 17.1. The lowest BCUT2D eigenvalue weighted by Crippen LogP contribution is -2.23. The molecule has 4 rings (SSSR count). The Kier molecular flexibility index (Phi) is 4.59. The molecule has 2 aromatic carbocycles. The maximum Gasteiger partial charge on any atom is 0.157 e. The van der Waals surface area contributed by atoms with Gasteiger partial charge < -0.3 is 4.74 Å². The van der Waals surface area contributed by atoms with Crippen LogP contribution < -0.4 is 0 Å². The summed E-state index contributed by atoms with van der Waals surface area (Å²) in [6.07, 6.45) is 1.87. The fraction of sp³-hybridized carbons (Fsp3) is 0.300. The van der Waals surface area contributed by atoms with Gasteiger partial charge in [-0.05, 0) is 18.1 Å². The molecular weight excluding hydrogens is 312 g/mol. The van der Waals surface area contributed by atoms with Crippen molar-refractivity contribution >= 4 is 0 Å². The Hall–Kier alpha value is -2.50. The number of hydrogen-bond acceptors (Lipinski definition) is 4. The number of ether oxygens (including phenoxy) is 1. The zero-order valence-corrected chi connectivity index (χ0v) is 14.4. The lowest BCUT2D eigenvalue weighted by Gasteiger charge is -2.21. The summed E-state index contributed by atoms with van der Waals surface area (Å²) in [5, 5.41) is 8.62. The number of aromatic nitrogens is 3. The van der Waals surface area contributed by atoms with E-state index in [0.29, 0.717) is 0 Å². The number of hydrogen-bond donors (Lipinski definition) is 0. The van der Waals surface area contributed by atoms with Crippen molar-refractivity contribution in [3.8, 4) is 0 Å². The quantitative estimate of drug-likeness (QED) is 0.719. The fourth-order valence-electron chi connectivity index (χ4n) is 3.26. The second-order valence-corrected chi connectivity index (χ2v) is 6.51. The van der Waals surface area contributed by atoms with E-state index < -0.39 is 0 Å². The molecule has 0 amide bonds. The van der Waals surface area contributed by atoms with Crippen molar-refractivity contribution in [2.24, 2.45) is 0 Å². The molecule has 0 unspecified atom stereocenters. The van der Waals surface area contributed by atoms with Crippen molar-refractivity contribution in [3.63, 3.8) is 0 Å². The lowest BCUT2D eigenvalue weighted by atomic mass is 10.1. The van der Waals surface area contributed by atoms with E-state index >= 15 is 0 Å². The van der Waals surface area contributed by atoms with Crippen LogP contribution in [0.4, 0.5) is 0 Å². The smallest absolute Gasteiger partial charge is 0.157 e. The molecule has 2 heterocycles. The largest absolute Gasteiger partial charge is 0.356 e. The van der Waals surface area contributed by atoms with Gasteiger partial charge in [-0.3, -0.25) is 4.90 Å². The molecule has 0 saturated carbocycles. The standard InChI is InChI=1S/C20H22N4O/c1-16-6-5-9-18(12-16)13-23-10-11-25-20(23)19-15-24(22-21-19)14-17-7-3-2-4-8-17/h2-9,12,15,20H,10-11,13-14H2,1H3/t20-/m0/s1. The summed E-state index contributed by atoms with van der Waals surface area (Å²) in [6.45, 7) is 5.33. The van der Waals surface area contributed by atoms with E-state index in [-0.39, 0.29) is 6.23 Å². The molecule has 1 aliphatic heterocycles. The topological polar surface area (TPSA) is 43.2 Å². The summed E-state index contributed by atoms with van der Waals surface area (Å²) in [5.74, 6) is 0. The van der Waals surface area contributed by atoms with Crippen molar-refractivity contribution in [3.05, 3.63) is 83.2 Å². The summed E-state index contributed by atoms with van der Waals surface area (Å²) in [5.41, 5.74) is 4.67. The Morgan fingerprint density at radius 1 is 1.04 bits per heavy atom. The van der Waals surface area contributed by atoms with Crippen LogP contribution in [0, 0.1) is 6.92 Å². The molecule has 0 spiro atoms. The molecule has 1 aliphatic rings. The third kappa shape index (κ3) is 3.78. The highest BCUT2D eigenvalue weighted by atomic mass is 16.5. The normalized spacial score (nSPS) is 17.9. The minimum absolute atomic E-state index is 0.120. The molecule has 3 aromatic rings. The molecule has 0 N–H and O–H groups in total. The van der Waals surface area contributed by atoms with Crippen LogP contribution in [0.1, 0.15) is 28.6 Å². The Morgan fingerprint density at radius 3 is 2.72 bits per heavy atom. The molecule has 0 bridgehead atoms. The van der Waals surface area contributed by atoms with Crippen molar-refractivity contribution in [2.75, 3.05) is 13.2 Å². The highest BCUT2D eigenvalue weighted by Gasteiger charge is 2.29. The Balaban J connectivity index is 1.47. The molecule has 0 aliphatic carbocycles. The van der Waals surface area contributed by atoms with Gasteiger partial charge in [-0.15, -0.1) is 5.10 Å². The van der Waals surface area contributed by atoms with E-state index in [1.54, 1.807) is 0 Å². The Labute approximate surface area is 147 Å². The number of nitrogens with zero attached hydrogens (tertiary/aromatic N) is 4. The summed E-state index contributed by atoms with van der Waals surface area (Å²) < 4.78 is 7.80. The van der Waals surface area contributed by atoms with Gasteiger partial charge in [0, 0.05) is 13.1 Å². The van der Waals surface area contributed by atoms with E-state index in [9.17, 15) is 0 Å². The maximum atomic E-state index is 5.93. The highest BCUT2D eigenvalue weighted by molar-refractivity contribution is 5.22. The van der Waals surface area contributed by atoms with E-state index in [1.807, 2.05) is 29.1 Å². The molecular formula is C20H22N4O. The monoisotopic (exact) mass is 334 g/mol. The average molecular weight is 334 g/mol. The van der Waals surface area contributed by atoms with Crippen molar-refractivity contribution in [2.45, 2.75) is 26.2 Å². The second kappa shape index (κ2) is 7.17. The van der Waals surface area contributed by atoms with E-state index in [2.05, 4.69) is 58.5 Å². The Morgan fingerprint density at radius 2 is 1.88 bits per heavy atom. The van der Waals surface area contributed by atoms with Crippen LogP contribution >= 0.6 is 0 Å². The molecule has 5 nitrogen and oxygen atoms in total. The fourth-order valence-corrected chi connectivity index (χ4v) is 3.26. The van der Waals surface area contributed by atoms with Crippen molar-refractivity contribution in [1.29, 1.82) is 0 Å². The highest BCUT2D eigenvalue weighted by Crippen LogP contribution is 2.27. The van der Waals surface area contributed by atoms with Gasteiger partial charge in [-0.25, -0.2) is 4.68 Å². The summed E-state index contributed by atoms with van der Waals surface area (Å²) >= 11 is 0. The van der Waals surface area contributed by atoms with Gasteiger partial charge in [-0.2, -0.15) is 0 Å². The lowest BCUT2D eigenvalue weighted by molar-refractivity contribution is 0.0252. The molecule has 1 atom stereocenters. The van der Waals surface area contributed by atoms with Crippen LogP contribution in [0.15, 0.2) is 60.8 Å². The van der Waals surface area contributed by atoms with E-state index in [1.165, 1.54) is 16.7 Å². The number of rotatable bonds is 5. The van der Waals surface area contributed by atoms with Crippen LogP contribution in [0.5, 0.6) is 0 Å².